The molecule has 0 unspecified atom stereocenters. The molecular weight excluding hydrogens is 292 g/mol. The van der Waals surface area contributed by atoms with E-state index in [0.29, 0.717) is 28.7 Å². The molecule has 0 atom stereocenters. The van der Waals surface area contributed by atoms with Crippen LogP contribution in [0.5, 0.6) is 5.75 Å². The van der Waals surface area contributed by atoms with Crippen LogP contribution >= 0.6 is 11.6 Å². The number of halogens is 1. The molecule has 1 amide bonds. The molecule has 1 aromatic heterocycles. The summed E-state index contributed by atoms with van der Waals surface area (Å²) < 4.78 is 6.87. The zero-order chi connectivity index (χ0) is 15.4. The standard InChI is InChI=1S/C14H17ClN4O2/c1-9-11(15)8-17-19(9)6-5-14(20)18-12-7-10(16)3-4-13(12)21-2/h3-4,7-8H,5-6,16H2,1-2H3,(H,18,20). The summed E-state index contributed by atoms with van der Waals surface area (Å²) in [6.45, 7) is 2.31. The van der Waals surface area contributed by atoms with Crippen LogP contribution in [0.3, 0.4) is 0 Å². The van der Waals surface area contributed by atoms with E-state index in [2.05, 4.69) is 10.4 Å². The Morgan fingerprint density at radius 2 is 2.29 bits per heavy atom. The first-order chi connectivity index (χ1) is 10.0. The molecule has 0 bridgehead atoms. The SMILES string of the molecule is COc1ccc(N)cc1NC(=O)CCn1ncc(Cl)c1C. The topological polar surface area (TPSA) is 82.2 Å². The number of ether oxygens (including phenoxy) is 1. The fourth-order valence-corrected chi connectivity index (χ4v) is 2.03. The maximum Gasteiger partial charge on any atom is 0.226 e. The molecule has 1 heterocycles. The number of nitrogens with one attached hydrogen (secondary N) is 1. The van der Waals surface area contributed by atoms with E-state index in [1.54, 1.807) is 29.1 Å². The Morgan fingerprint density at radius 1 is 1.52 bits per heavy atom. The minimum absolute atomic E-state index is 0.148. The summed E-state index contributed by atoms with van der Waals surface area (Å²) in [5.41, 5.74) is 7.66. The third kappa shape index (κ3) is 3.66. The highest BCUT2D eigenvalue weighted by molar-refractivity contribution is 6.31. The number of benzene rings is 1. The Bertz CT molecular complexity index is 654. The molecule has 0 radical (unpaired) electrons. The van der Waals surface area contributed by atoms with Crippen molar-refractivity contribution in [3.63, 3.8) is 0 Å². The first kappa shape index (κ1) is 15.2. The summed E-state index contributed by atoms with van der Waals surface area (Å²) in [5, 5.41) is 7.47. The van der Waals surface area contributed by atoms with Gasteiger partial charge in [-0.3, -0.25) is 9.48 Å². The van der Waals surface area contributed by atoms with Gasteiger partial charge in [0.1, 0.15) is 5.75 Å². The van der Waals surface area contributed by atoms with Gasteiger partial charge in [-0.2, -0.15) is 5.10 Å². The van der Waals surface area contributed by atoms with E-state index in [1.165, 1.54) is 7.11 Å². The van der Waals surface area contributed by atoms with Gasteiger partial charge in [0.2, 0.25) is 5.91 Å². The smallest absolute Gasteiger partial charge is 0.226 e. The van der Waals surface area contributed by atoms with Gasteiger partial charge in [-0.15, -0.1) is 0 Å². The van der Waals surface area contributed by atoms with Gasteiger partial charge in [0.15, 0.2) is 0 Å². The molecule has 0 aliphatic carbocycles. The maximum absolute atomic E-state index is 12.0. The number of nitrogens with zero attached hydrogens (tertiary/aromatic N) is 2. The minimum Gasteiger partial charge on any atom is -0.495 e. The van der Waals surface area contributed by atoms with Crippen LogP contribution in [0, 0.1) is 6.92 Å². The number of carbonyl (C=O) groups excluding carboxylic acids is 1. The van der Waals surface area contributed by atoms with Crippen molar-refractivity contribution < 1.29 is 9.53 Å². The molecule has 0 aliphatic rings. The molecule has 2 rings (SSSR count). The minimum atomic E-state index is -0.148. The number of amides is 1. The summed E-state index contributed by atoms with van der Waals surface area (Å²) in [7, 11) is 1.54. The zero-order valence-electron chi connectivity index (χ0n) is 11.9. The van der Waals surface area contributed by atoms with E-state index >= 15 is 0 Å². The number of aromatic nitrogens is 2. The van der Waals surface area contributed by atoms with Gasteiger partial charge in [-0.25, -0.2) is 0 Å². The second kappa shape index (κ2) is 6.49. The van der Waals surface area contributed by atoms with E-state index in [-0.39, 0.29) is 12.3 Å². The average Bonchev–Trinajstić information content (AvgIpc) is 2.77. The van der Waals surface area contributed by atoms with Crippen molar-refractivity contribution in [2.24, 2.45) is 0 Å². The molecule has 0 spiro atoms. The molecule has 0 saturated heterocycles. The van der Waals surface area contributed by atoms with Crippen molar-refractivity contribution in [2.75, 3.05) is 18.2 Å². The van der Waals surface area contributed by atoms with E-state index < -0.39 is 0 Å². The van der Waals surface area contributed by atoms with Crippen molar-refractivity contribution >= 4 is 28.9 Å². The normalized spacial score (nSPS) is 10.4. The van der Waals surface area contributed by atoms with Crippen LogP contribution in [0.2, 0.25) is 5.02 Å². The first-order valence-corrected chi connectivity index (χ1v) is 6.80. The van der Waals surface area contributed by atoms with Crippen molar-refractivity contribution in [1.29, 1.82) is 0 Å². The predicted molar refractivity (Wildman–Crippen MR) is 82.6 cm³/mol. The maximum atomic E-state index is 12.0. The van der Waals surface area contributed by atoms with Gasteiger partial charge in [-0.05, 0) is 25.1 Å². The van der Waals surface area contributed by atoms with Gasteiger partial charge in [-0.1, -0.05) is 11.6 Å². The second-order valence-electron chi connectivity index (χ2n) is 4.56. The van der Waals surface area contributed by atoms with Crippen molar-refractivity contribution in [1.82, 2.24) is 9.78 Å². The predicted octanol–water partition coefficient (Wildman–Crippen LogP) is 2.46. The van der Waals surface area contributed by atoms with Gasteiger partial charge >= 0.3 is 0 Å². The van der Waals surface area contributed by atoms with E-state index in [9.17, 15) is 4.79 Å². The highest BCUT2D eigenvalue weighted by atomic mass is 35.5. The third-order valence-electron chi connectivity index (χ3n) is 3.09. The fourth-order valence-electron chi connectivity index (χ4n) is 1.89. The Labute approximate surface area is 127 Å². The fraction of sp³-hybridized carbons (Fsp3) is 0.286. The Morgan fingerprint density at radius 3 is 2.90 bits per heavy atom. The number of rotatable bonds is 5. The summed E-state index contributed by atoms with van der Waals surface area (Å²) in [6.07, 6.45) is 1.84. The van der Waals surface area contributed by atoms with Crippen LogP contribution in [0.15, 0.2) is 24.4 Å². The quantitative estimate of drug-likeness (QED) is 0.831. The van der Waals surface area contributed by atoms with Crippen LogP contribution in [-0.4, -0.2) is 22.8 Å². The summed E-state index contributed by atoms with van der Waals surface area (Å²) in [4.78, 5) is 12.0. The number of nitrogens with two attached hydrogens (primary N) is 1. The number of hydrogen-bond donors (Lipinski definition) is 2. The zero-order valence-corrected chi connectivity index (χ0v) is 12.6. The summed E-state index contributed by atoms with van der Waals surface area (Å²) in [5.74, 6) is 0.417. The Kier molecular flexibility index (Phi) is 4.70. The van der Waals surface area contributed by atoms with Crippen molar-refractivity contribution in [2.45, 2.75) is 19.9 Å². The number of carbonyl (C=O) groups is 1. The molecule has 2 aromatic rings. The first-order valence-electron chi connectivity index (χ1n) is 6.42. The van der Waals surface area contributed by atoms with Crippen LogP contribution in [-0.2, 0) is 11.3 Å². The molecule has 21 heavy (non-hydrogen) atoms. The van der Waals surface area contributed by atoms with Crippen molar-refractivity contribution in [3.8, 4) is 5.75 Å². The van der Waals surface area contributed by atoms with E-state index in [4.69, 9.17) is 22.1 Å². The largest absolute Gasteiger partial charge is 0.495 e. The average molecular weight is 309 g/mol. The lowest BCUT2D eigenvalue weighted by atomic mass is 10.2. The molecule has 0 aliphatic heterocycles. The van der Waals surface area contributed by atoms with Crippen LogP contribution in [0.1, 0.15) is 12.1 Å². The van der Waals surface area contributed by atoms with Gasteiger partial charge in [0, 0.05) is 12.1 Å². The monoisotopic (exact) mass is 308 g/mol. The highest BCUT2D eigenvalue weighted by Crippen LogP contribution is 2.26. The lowest BCUT2D eigenvalue weighted by molar-refractivity contribution is -0.116. The lowest BCUT2D eigenvalue weighted by Gasteiger charge is -2.11. The van der Waals surface area contributed by atoms with Crippen LogP contribution in [0.25, 0.3) is 0 Å². The van der Waals surface area contributed by atoms with Gasteiger partial charge in [0.05, 0.1) is 36.3 Å². The van der Waals surface area contributed by atoms with Gasteiger partial charge in [0.25, 0.3) is 0 Å². The van der Waals surface area contributed by atoms with Crippen LogP contribution in [0.4, 0.5) is 11.4 Å². The number of anilines is 2. The van der Waals surface area contributed by atoms with E-state index in [0.717, 1.165) is 5.69 Å². The highest BCUT2D eigenvalue weighted by Gasteiger charge is 2.10. The van der Waals surface area contributed by atoms with Crippen molar-refractivity contribution in [3.05, 3.63) is 35.1 Å². The molecular formula is C14H17ClN4O2. The number of nitrogen functional groups attached to an aromatic ring is 1. The van der Waals surface area contributed by atoms with Gasteiger partial charge < -0.3 is 15.8 Å². The molecule has 3 N–H and O–H groups in total. The molecule has 112 valence electrons. The summed E-state index contributed by atoms with van der Waals surface area (Å²) >= 11 is 5.92. The van der Waals surface area contributed by atoms with E-state index in [1.807, 2.05) is 6.92 Å². The molecule has 6 nitrogen and oxygen atoms in total. The Balaban J connectivity index is 1.99. The number of aryl methyl sites for hydroxylation is 1. The number of methoxy groups -OCH3 is 1. The molecule has 0 fully saturated rings. The Hall–Kier alpha value is -2.21. The third-order valence-corrected chi connectivity index (χ3v) is 3.46. The second-order valence-corrected chi connectivity index (χ2v) is 4.97. The molecule has 7 heteroatoms. The van der Waals surface area contributed by atoms with Crippen LogP contribution < -0.4 is 15.8 Å². The molecule has 1 aromatic carbocycles. The number of hydrogen-bond acceptors (Lipinski definition) is 4. The summed E-state index contributed by atoms with van der Waals surface area (Å²) in [6, 6.07) is 5.08. The lowest BCUT2D eigenvalue weighted by Crippen LogP contribution is -2.16. The molecule has 0 saturated carbocycles.